The summed E-state index contributed by atoms with van der Waals surface area (Å²) in [5.41, 5.74) is 6.66. The molecule has 5 heteroatoms. The van der Waals surface area contributed by atoms with Crippen molar-refractivity contribution < 1.29 is 4.79 Å². The van der Waals surface area contributed by atoms with Crippen LogP contribution in [0.5, 0.6) is 0 Å². The lowest BCUT2D eigenvalue weighted by molar-refractivity contribution is 0.0953. The van der Waals surface area contributed by atoms with Gasteiger partial charge in [-0.05, 0) is 61.9 Å². The van der Waals surface area contributed by atoms with Gasteiger partial charge in [-0.25, -0.2) is 0 Å². The summed E-state index contributed by atoms with van der Waals surface area (Å²) in [6.45, 7) is 4.57. The van der Waals surface area contributed by atoms with Crippen LogP contribution in [0.3, 0.4) is 0 Å². The number of hydrogen-bond donors (Lipinski definition) is 1. The van der Waals surface area contributed by atoms with Crippen LogP contribution in [0.15, 0.2) is 79.0 Å². The fourth-order valence-corrected chi connectivity index (χ4v) is 3.77. The van der Waals surface area contributed by atoms with Crippen molar-refractivity contribution in [3.05, 3.63) is 107 Å². The third-order valence-corrected chi connectivity index (χ3v) is 5.57. The zero-order valence-electron chi connectivity index (χ0n) is 17.6. The number of amides is 1. The molecule has 0 aliphatic rings. The highest BCUT2D eigenvalue weighted by atomic mass is 35.5. The summed E-state index contributed by atoms with van der Waals surface area (Å²) < 4.78 is 2.12. The molecule has 0 aliphatic carbocycles. The van der Waals surface area contributed by atoms with Crippen molar-refractivity contribution in [2.75, 3.05) is 6.54 Å². The van der Waals surface area contributed by atoms with Crippen molar-refractivity contribution in [1.29, 1.82) is 0 Å². The van der Waals surface area contributed by atoms with E-state index >= 15 is 0 Å². The Morgan fingerprint density at radius 3 is 2.42 bits per heavy atom. The number of aryl methyl sites for hydroxylation is 1. The van der Waals surface area contributed by atoms with Crippen LogP contribution in [0.4, 0.5) is 0 Å². The van der Waals surface area contributed by atoms with Crippen LogP contribution in [-0.2, 0) is 6.42 Å². The van der Waals surface area contributed by atoms with Gasteiger partial charge in [0.15, 0.2) is 0 Å². The number of nitrogens with one attached hydrogen (secondary N) is 1. The van der Waals surface area contributed by atoms with Crippen molar-refractivity contribution in [1.82, 2.24) is 14.9 Å². The predicted octanol–water partition coefficient (Wildman–Crippen LogP) is 5.78. The second-order valence-corrected chi connectivity index (χ2v) is 7.97. The fraction of sp³-hybridized carbons (Fsp3) is 0.154. The Morgan fingerprint density at radius 1 is 1.00 bits per heavy atom. The van der Waals surface area contributed by atoms with E-state index in [-0.39, 0.29) is 5.91 Å². The van der Waals surface area contributed by atoms with E-state index in [4.69, 9.17) is 11.6 Å². The summed E-state index contributed by atoms with van der Waals surface area (Å²) in [7, 11) is 0. The summed E-state index contributed by atoms with van der Waals surface area (Å²) in [4.78, 5) is 17.3. The monoisotopic (exact) mass is 429 g/mol. The van der Waals surface area contributed by atoms with E-state index in [1.54, 1.807) is 6.20 Å². The number of carbonyl (C=O) groups excluding carboxylic acids is 1. The Labute approximate surface area is 187 Å². The predicted molar refractivity (Wildman–Crippen MR) is 126 cm³/mol. The molecule has 0 atom stereocenters. The number of pyridine rings is 1. The van der Waals surface area contributed by atoms with E-state index in [9.17, 15) is 4.79 Å². The maximum absolute atomic E-state index is 13.0. The SMILES string of the molecule is Cc1ccc(-n2c(-c3ccc(Cl)cc3)cc(C(=O)NCCc3ccccn3)c2C)cc1. The minimum atomic E-state index is -0.0884. The highest BCUT2D eigenvalue weighted by molar-refractivity contribution is 6.30. The number of carbonyl (C=O) groups is 1. The first kappa shape index (κ1) is 20.9. The van der Waals surface area contributed by atoms with E-state index in [1.165, 1.54) is 5.56 Å². The van der Waals surface area contributed by atoms with Crippen molar-refractivity contribution in [2.24, 2.45) is 0 Å². The molecule has 1 amide bonds. The van der Waals surface area contributed by atoms with Crippen LogP contribution in [0.2, 0.25) is 5.02 Å². The molecule has 0 fully saturated rings. The average molecular weight is 430 g/mol. The molecular formula is C26H24ClN3O. The maximum Gasteiger partial charge on any atom is 0.253 e. The lowest BCUT2D eigenvalue weighted by Crippen LogP contribution is -2.26. The first-order valence-electron chi connectivity index (χ1n) is 10.3. The van der Waals surface area contributed by atoms with Gasteiger partial charge >= 0.3 is 0 Å². The van der Waals surface area contributed by atoms with Gasteiger partial charge in [-0.3, -0.25) is 9.78 Å². The lowest BCUT2D eigenvalue weighted by atomic mass is 10.1. The smallest absolute Gasteiger partial charge is 0.253 e. The summed E-state index contributed by atoms with van der Waals surface area (Å²) in [6, 6.07) is 23.7. The molecule has 0 saturated carbocycles. The third-order valence-electron chi connectivity index (χ3n) is 5.32. The number of aromatic nitrogens is 2. The first-order chi connectivity index (χ1) is 15.0. The van der Waals surface area contributed by atoms with Crippen LogP contribution < -0.4 is 5.32 Å². The van der Waals surface area contributed by atoms with Crippen molar-refractivity contribution in [2.45, 2.75) is 20.3 Å². The normalized spacial score (nSPS) is 10.8. The Kier molecular flexibility index (Phi) is 6.19. The highest BCUT2D eigenvalue weighted by Crippen LogP contribution is 2.30. The Morgan fingerprint density at radius 2 is 1.74 bits per heavy atom. The third kappa shape index (κ3) is 4.70. The molecule has 4 rings (SSSR count). The average Bonchev–Trinajstić information content (AvgIpc) is 3.13. The van der Waals surface area contributed by atoms with Gasteiger partial charge in [0.1, 0.15) is 0 Å². The molecule has 1 N–H and O–H groups in total. The number of halogens is 1. The molecule has 0 aliphatic heterocycles. The van der Waals surface area contributed by atoms with Gasteiger partial charge < -0.3 is 9.88 Å². The van der Waals surface area contributed by atoms with Crippen molar-refractivity contribution in [3.8, 4) is 16.9 Å². The summed E-state index contributed by atoms with van der Waals surface area (Å²) in [5.74, 6) is -0.0884. The standard InChI is InChI=1S/C26H24ClN3O/c1-18-6-12-23(13-7-18)30-19(2)24(17-25(30)20-8-10-21(27)11-9-20)26(31)29-16-14-22-5-3-4-15-28-22/h3-13,15,17H,14,16H2,1-2H3,(H,29,31). The molecule has 156 valence electrons. The van der Waals surface area contributed by atoms with Gasteiger partial charge in [0, 0.05) is 41.3 Å². The van der Waals surface area contributed by atoms with Gasteiger partial charge in [0.25, 0.3) is 5.91 Å². The Hall–Kier alpha value is -3.37. The van der Waals surface area contributed by atoms with Gasteiger partial charge in [-0.15, -0.1) is 0 Å². The molecule has 2 aromatic heterocycles. The van der Waals surface area contributed by atoms with Gasteiger partial charge in [0.05, 0.1) is 11.3 Å². The number of hydrogen-bond acceptors (Lipinski definition) is 2. The quantitative estimate of drug-likeness (QED) is 0.422. The minimum Gasteiger partial charge on any atom is -0.352 e. The summed E-state index contributed by atoms with van der Waals surface area (Å²) in [6.07, 6.45) is 2.45. The van der Waals surface area contributed by atoms with E-state index in [1.807, 2.05) is 55.5 Å². The molecule has 0 bridgehead atoms. The van der Waals surface area contributed by atoms with E-state index in [2.05, 4.69) is 46.1 Å². The van der Waals surface area contributed by atoms with Crippen LogP contribution >= 0.6 is 11.6 Å². The minimum absolute atomic E-state index is 0.0884. The second-order valence-electron chi connectivity index (χ2n) is 7.53. The summed E-state index contributed by atoms with van der Waals surface area (Å²) in [5, 5.41) is 3.72. The Bertz CT molecular complexity index is 1180. The van der Waals surface area contributed by atoms with E-state index < -0.39 is 0 Å². The van der Waals surface area contributed by atoms with Crippen LogP contribution in [-0.4, -0.2) is 22.0 Å². The molecular weight excluding hydrogens is 406 g/mol. The van der Waals surface area contributed by atoms with Crippen molar-refractivity contribution in [3.63, 3.8) is 0 Å². The topological polar surface area (TPSA) is 46.9 Å². The van der Waals surface area contributed by atoms with E-state index in [0.717, 1.165) is 28.3 Å². The highest BCUT2D eigenvalue weighted by Gasteiger charge is 2.19. The summed E-state index contributed by atoms with van der Waals surface area (Å²) >= 11 is 6.09. The number of nitrogens with zero attached hydrogens (tertiary/aromatic N) is 2. The molecule has 2 aromatic carbocycles. The van der Waals surface area contributed by atoms with Gasteiger partial charge in [-0.2, -0.15) is 0 Å². The zero-order valence-corrected chi connectivity index (χ0v) is 18.4. The molecule has 4 nitrogen and oxygen atoms in total. The van der Waals surface area contributed by atoms with Crippen LogP contribution in [0.25, 0.3) is 16.9 Å². The number of benzene rings is 2. The second kappa shape index (κ2) is 9.19. The zero-order chi connectivity index (χ0) is 21.8. The van der Waals surface area contributed by atoms with E-state index in [0.29, 0.717) is 23.6 Å². The van der Waals surface area contributed by atoms with Crippen LogP contribution in [0.1, 0.15) is 27.3 Å². The molecule has 0 spiro atoms. The molecule has 0 saturated heterocycles. The molecule has 4 aromatic rings. The van der Waals surface area contributed by atoms with Gasteiger partial charge in [-0.1, -0.05) is 47.5 Å². The first-order valence-corrected chi connectivity index (χ1v) is 10.6. The van der Waals surface area contributed by atoms with Gasteiger partial charge in [0.2, 0.25) is 0 Å². The maximum atomic E-state index is 13.0. The van der Waals surface area contributed by atoms with Crippen molar-refractivity contribution >= 4 is 17.5 Å². The largest absolute Gasteiger partial charge is 0.352 e. The fourth-order valence-electron chi connectivity index (χ4n) is 3.64. The molecule has 31 heavy (non-hydrogen) atoms. The molecule has 0 radical (unpaired) electrons. The number of rotatable bonds is 6. The Balaban J connectivity index is 1.66. The van der Waals surface area contributed by atoms with Crippen LogP contribution in [0, 0.1) is 13.8 Å². The molecule has 0 unspecified atom stereocenters. The lowest BCUT2D eigenvalue weighted by Gasteiger charge is -2.13. The molecule has 2 heterocycles.